The number of benzene rings is 1. The quantitative estimate of drug-likeness (QED) is 0.628. The molecule has 1 aliphatic rings. The number of carbonyl (C=O) groups excluding carboxylic acids is 2. The number of anilines is 2. The number of hydrogen-bond acceptors (Lipinski definition) is 6. The van der Waals surface area contributed by atoms with Crippen LogP contribution in [0.3, 0.4) is 0 Å². The molecule has 1 amide bonds. The number of nitrogen functional groups attached to an aromatic ring is 1. The molecule has 3 N–H and O–H groups in total. The molecule has 0 bridgehead atoms. The van der Waals surface area contributed by atoms with Gasteiger partial charge >= 0.3 is 12.1 Å². The fraction of sp³-hybridized carbons (Fsp3) is 0.556. The van der Waals surface area contributed by atoms with Crippen LogP contribution in [0.2, 0.25) is 0 Å². The van der Waals surface area contributed by atoms with E-state index in [1.54, 1.807) is 26.8 Å². The van der Waals surface area contributed by atoms with E-state index in [4.69, 9.17) is 15.2 Å². The Morgan fingerprint density at radius 2 is 2.08 bits per heavy atom. The summed E-state index contributed by atoms with van der Waals surface area (Å²) in [6, 6.07) is 2.70. The van der Waals surface area contributed by atoms with E-state index in [0.29, 0.717) is 18.5 Å². The van der Waals surface area contributed by atoms with Crippen molar-refractivity contribution < 1.29 is 23.5 Å². The van der Waals surface area contributed by atoms with Gasteiger partial charge < -0.3 is 15.2 Å². The highest BCUT2D eigenvalue weighted by atomic mass is 19.1. The van der Waals surface area contributed by atoms with Crippen LogP contribution in [0.25, 0.3) is 0 Å². The number of halogens is 1. The predicted octanol–water partition coefficient (Wildman–Crippen LogP) is 2.89. The van der Waals surface area contributed by atoms with Crippen LogP contribution in [0.15, 0.2) is 12.1 Å². The number of likely N-dealkylation sites (tertiary alicyclic amines) is 1. The maximum atomic E-state index is 14.7. The fourth-order valence-corrected chi connectivity index (χ4v) is 2.92. The standard InChI is InChI=1S/C18H26FN3O4/c1-18(2,3)26-17(24)21-12-8-7-11(14(19)15(12)20)10-22-9-5-6-13(22)16(23)25-4/h7-8,13H,5-6,9-10,20H2,1-4H3,(H,21,24)/t13-/m1/s1. The number of methoxy groups -OCH3 is 1. The third-order valence-electron chi connectivity index (χ3n) is 4.11. The average Bonchev–Trinajstić information content (AvgIpc) is 3.00. The molecule has 0 radical (unpaired) electrons. The van der Waals surface area contributed by atoms with Crippen LogP contribution in [-0.2, 0) is 20.8 Å². The van der Waals surface area contributed by atoms with Crippen molar-refractivity contribution in [1.29, 1.82) is 0 Å². The Kier molecular flexibility index (Phi) is 6.07. The van der Waals surface area contributed by atoms with Crippen molar-refractivity contribution in [3.8, 4) is 0 Å². The van der Waals surface area contributed by atoms with Gasteiger partial charge in [0.2, 0.25) is 0 Å². The molecule has 1 atom stereocenters. The van der Waals surface area contributed by atoms with Gasteiger partial charge in [-0.3, -0.25) is 15.0 Å². The summed E-state index contributed by atoms with van der Waals surface area (Å²) in [5, 5.41) is 2.45. The zero-order valence-electron chi connectivity index (χ0n) is 15.6. The molecule has 0 unspecified atom stereocenters. The highest BCUT2D eigenvalue weighted by Crippen LogP contribution is 2.28. The van der Waals surface area contributed by atoms with Gasteiger partial charge in [0.05, 0.1) is 18.5 Å². The van der Waals surface area contributed by atoms with Crippen LogP contribution in [0, 0.1) is 5.82 Å². The minimum Gasteiger partial charge on any atom is -0.468 e. The maximum absolute atomic E-state index is 14.7. The summed E-state index contributed by atoms with van der Waals surface area (Å²) in [7, 11) is 1.34. The number of ether oxygens (including phenoxy) is 2. The largest absolute Gasteiger partial charge is 0.468 e. The predicted molar refractivity (Wildman–Crippen MR) is 96.1 cm³/mol. The smallest absolute Gasteiger partial charge is 0.412 e. The number of nitrogens with one attached hydrogen (secondary N) is 1. The summed E-state index contributed by atoms with van der Waals surface area (Å²) in [5.74, 6) is -0.937. The van der Waals surface area contributed by atoms with Crippen molar-refractivity contribution in [2.24, 2.45) is 0 Å². The van der Waals surface area contributed by atoms with Gasteiger partial charge in [-0.15, -0.1) is 0 Å². The SMILES string of the molecule is COC(=O)[C@H]1CCCN1Cc1ccc(NC(=O)OC(C)(C)C)c(N)c1F. The van der Waals surface area contributed by atoms with Crippen LogP contribution in [-0.4, -0.2) is 42.3 Å². The van der Waals surface area contributed by atoms with Gasteiger partial charge in [-0.1, -0.05) is 6.07 Å². The Hall–Kier alpha value is -2.35. The Morgan fingerprint density at radius 1 is 1.38 bits per heavy atom. The van der Waals surface area contributed by atoms with Crippen LogP contribution >= 0.6 is 0 Å². The molecule has 1 aliphatic heterocycles. The molecule has 8 heteroatoms. The highest BCUT2D eigenvalue weighted by Gasteiger charge is 2.32. The molecule has 1 fully saturated rings. The molecule has 0 saturated carbocycles. The molecular weight excluding hydrogens is 341 g/mol. The lowest BCUT2D eigenvalue weighted by atomic mass is 10.1. The second-order valence-corrected chi connectivity index (χ2v) is 7.28. The summed E-state index contributed by atoms with van der Waals surface area (Å²) >= 11 is 0. The minimum atomic E-state index is -0.707. The van der Waals surface area contributed by atoms with Crippen LogP contribution < -0.4 is 11.1 Å². The van der Waals surface area contributed by atoms with E-state index < -0.39 is 17.5 Å². The lowest BCUT2D eigenvalue weighted by molar-refractivity contribution is -0.146. The van der Waals surface area contributed by atoms with Gasteiger partial charge in [-0.2, -0.15) is 0 Å². The number of nitrogens with two attached hydrogens (primary N) is 1. The number of hydrogen-bond donors (Lipinski definition) is 2. The van der Waals surface area contributed by atoms with Crippen molar-refractivity contribution in [1.82, 2.24) is 4.90 Å². The van der Waals surface area contributed by atoms with Gasteiger partial charge in [0.15, 0.2) is 5.82 Å². The third-order valence-corrected chi connectivity index (χ3v) is 4.11. The number of nitrogens with zero attached hydrogens (tertiary/aromatic N) is 1. The zero-order valence-corrected chi connectivity index (χ0v) is 15.6. The molecule has 7 nitrogen and oxygen atoms in total. The van der Waals surface area contributed by atoms with Crippen molar-refractivity contribution in [2.75, 3.05) is 24.7 Å². The topological polar surface area (TPSA) is 93.9 Å². The lowest BCUT2D eigenvalue weighted by Crippen LogP contribution is -2.36. The Bertz CT molecular complexity index is 688. The number of carbonyl (C=O) groups is 2. The monoisotopic (exact) mass is 367 g/mol. The van der Waals surface area contributed by atoms with Crippen molar-refractivity contribution in [3.63, 3.8) is 0 Å². The molecule has 26 heavy (non-hydrogen) atoms. The van der Waals surface area contributed by atoms with Crippen LogP contribution in [0.4, 0.5) is 20.6 Å². The summed E-state index contributed by atoms with van der Waals surface area (Å²) in [4.78, 5) is 25.5. The van der Waals surface area contributed by atoms with Gasteiger partial charge in [0, 0.05) is 12.1 Å². The molecule has 1 aromatic carbocycles. The summed E-state index contributed by atoms with van der Waals surface area (Å²) in [6.45, 7) is 6.10. The average molecular weight is 367 g/mol. The molecule has 1 heterocycles. The van der Waals surface area contributed by atoms with Crippen molar-refractivity contribution >= 4 is 23.4 Å². The van der Waals surface area contributed by atoms with Gasteiger partial charge in [-0.05, 0) is 46.2 Å². The first-order chi connectivity index (χ1) is 12.1. The van der Waals surface area contributed by atoms with E-state index in [1.807, 2.05) is 4.90 Å². The van der Waals surface area contributed by atoms with Gasteiger partial charge in [0.25, 0.3) is 0 Å². The van der Waals surface area contributed by atoms with E-state index in [0.717, 1.165) is 6.42 Å². The zero-order chi connectivity index (χ0) is 19.5. The molecule has 0 spiro atoms. The minimum absolute atomic E-state index is 0.145. The maximum Gasteiger partial charge on any atom is 0.412 e. The van der Waals surface area contributed by atoms with Crippen LogP contribution in [0.1, 0.15) is 39.2 Å². The van der Waals surface area contributed by atoms with Crippen LogP contribution in [0.5, 0.6) is 0 Å². The third kappa shape index (κ3) is 4.85. The molecule has 0 aromatic heterocycles. The normalized spacial score (nSPS) is 17.8. The molecular formula is C18H26FN3O4. The van der Waals surface area contributed by atoms with Gasteiger partial charge in [-0.25, -0.2) is 9.18 Å². The van der Waals surface area contributed by atoms with E-state index in [9.17, 15) is 14.0 Å². The molecule has 0 aliphatic carbocycles. The molecule has 1 aromatic rings. The van der Waals surface area contributed by atoms with Crippen molar-refractivity contribution in [2.45, 2.75) is 51.8 Å². The Morgan fingerprint density at radius 3 is 2.69 bits per heavy atom. The second kappa shape index (κ2) is 7.90. The van der Waals surface area contributed by atoms with E-state index in [1.165, 1.54) is 13.2 Å². The molecule has 1 saturated heterocycles. The number of esters is 1. The first kappa shape index (κ1) is 20.0. The first-order valence-electron chi connectivity index (χ1n) is 8.51. The Labute approximate surface area is 152 Å². The first-order valence-corrected chi connectivity index (χ1v) is 8.51. The van der Waals surface area contributed by atoms with Crippen molar-refractivity contribution in [3.05, 3.63) is 23.5 Å². The van der Waals surface area contributed by atoms with E-state index in [-0.39, 0.29) is 29.9 Å². The fourth-order valence-electron chi connectivity index (χ4n) is 2.92. The molecule has 144 valence electrons. The summed E-state index contributed by atoms with van der Waals surface area (Å²) in [5.41, 5.74) is 5.50. The van der Waals surface area contributed by atoms with Gasteiger partial charge in [0.1, 0.15) is 11.6 Å². The Balaban J connectivity index is 2.12. The molecule has 2 rings (SSSR count). The summed E-state index contributed by atoms with van der Waals surface area (Å²) in [6.07, 6.45) is 0.818. The summed E-state index contributed by atoms with van der Waals surface area (Å²) < 4.78 is 24.6. The lowest BCUT2D eigenvalue weighted by Gasteiger charge is -2.23. The highest BCUT2D eigenvalue weighted by molar-refractivity contribution is 5.89. The number of rotatable bonds is 4. The van der Waals surface area contributed by atoms with E-state index in [2.05, 4.69) is 5.32 Å². The second-order valence-electron chi connectivity index (χ2n) is 7.28. The van der Waals surface area contributed by atoms with E-state index >= 15 is 0 Å². The number of amides is 1.